The summed E-state index contributed by atoms with van der Waals surface area (Å²) in [5.74, 6) is 0. The number of pyridine rings is 1. The Kier molecular flexibility index (Phi) is 2.96. The van der Waals surface area contributed by atoms with E-state index in [1.807, 2.05) is 54.7 Å². The second kappa shape index (κ2) is 4.98. The van der Waals surface area contributed by atoms with Crippen LogP contribution in [-0.2, 0) is 0 Å². The second-order valence-electron chi connectivity index (χ2n) is 5.21. The van der Waals surface area contributed by atoms with Crippen LogP contribution in [0.25, 0.3) is 27.5 Å². The number of hydrogen-bond acceptors (Lipinski definition) is 3. The van der Waals surface area contributed by atoms with Crippen LogP contribution in [0.4, 0.5) is 0 Å². The van der Waals surface area contributed by atoms with Crippen molar-refractivity contribution < 1.29 is 10.0 Å². The minimum Gasteiger partial charge on any atom is -0.423 e. The summed E-state index contributed by atoms with van der Waals surface area (Å²) in [4.78, 5) is 4.21. The molecule has 0 atom stereocenters. The van der Waals surface area contributed by atoms with Crippen LogP contribution in [0.15, 0.2) is 67.0 Å². The lowest BCUT2D eigenvalue weighted by atomic mass is 9.80. The molecule has 0 aliphatic heterocycles. The van der Waals surface area contributed by atoms with Crippen LogP contribution >= 0.6 is 0 Å². The topological polar surface area (TPSA) is 58.3 Å². The van der Waals surface area contributed by atoms with Crippen molar-refractivity contribution in [1.29, 1.82) is 0 Å². The molecule has 5 heteroatoms. The number of fused-ring (bicyclic) bond motifs is 3. The zero-order chi connectivity index (χ0) is 15.1. The Morgan fingerprint density at radius 2 is 1.64 bits per heavy atom. The van der Waals surface area contributed by atoms with Crippen molar-refractivity contribution in [1.82, 2.24) is 9.55 Å². The summed E-state index contributed by atoms with van der Waals surface area (Å²) in [6.45, 7) is 0. The van der Waals surface area contributed by atoms with Gasteiger partial charge in [-0.25, -0.2) is 0 Å². The SMILES string of the molecule is OB(O)c1ccc2c(c1)c1cnccc1n2-c1ccccc1. The van der Waals surface area contributed by atoms with Gasteiger partial charge in [-0.05, 0) is 29.7 Å². The summed E-state index contributed by atoms with van der Waals surface area (Å²) in [5, 5.41) is 20.8. The van der Waals surface area contributed by atoms with E-state index in [1.165, 1.54) is 0 Å². The summed E-state index contributed by atoms with van der Waals surface area (Å²) in [6.07, 6.45) is 3.58. The van der Waals surface area contributed by atoms with Crippen LogP contribution in [0.3, 0.4) is 0 Å². The average Bonchev–Trinajstić information content (AvgIpc) is 2.89. The first-order valence-corrected chi connectivity index (χ1v) is 7.05. The number of hydrogen-bond donors (Lipinski definition) is 2. The van der Waals surface area contributed by atoms with Gasteiger partial charge in [0, 0.05) is 28.9 Å². The molecule has 2 N–H and O–H groups in total. The first-order chi connectivity index (χ1) is 10.8. The van der Waals surface area contributed by atoms with Crippen molar-refractivity contribution in [2.75, 3.05) is 0 Å². The largest absolute Gasteiger partial charge is 0.488 e. The number of rotatable bonds is 2. The van der Waals surface area contributed by atoms with Gasteiger partial charge < -0.3 is 14.6 Å². The third-order valence-corrected chi connectivity index (χ3v) is 3.90. The van der Waals surface area contributed by atoms with Crippen molar-refractivity contribution in [3.05, 3.63) is 67.0 Å². The predicted molar refractivity (Wildman–Crippen MR) is 88.4 cm³/mol. The van der Waals surface area contributed by atoms with Crippen molar-refractivity contribution in [3.8, 4) is 5.69 Å². The maximum atomic E-state index is 9.41. The Labute approximate surface area is 127 Å². The Morgan fingerprint density at radius 3 is 2.41 bits per heavy atom. The Bertz CT molecular complexity index is 964. The normalized spacial score (nSPS) is 11.2. The molecule has 106 valence electrons. The molecule has 0 unspecified atom stereocenters. The van der Waals surface area contributed by atoms with E-state index in [9.17, 15) is 10.0 Å². The van der Waals surface area contributed by atoms with Gasteiger partial charge in [0.2, 0.25) is 0 Å². The molecule has 0 fully saturated rings. The average molecular weight is 288 g/mol. The molecule has 0 saturated carbocycles. The van der Waals surface area contributed by atoms with E-state index in [0.717, 1.165) is 27.5 Å². The molecule has 2 aromatic heterocycles. The fourth-order valence-electron chi connectivity index (χ4n) is 2.90. The standard InChI is InChI=1S/C17H13BN2O2/c21-18(22)12-6-7-16-14(10-12)15-11-19-9-8-17(15)20(16)13-4-2-1-3-5-13/h1-11,21-22H. The third-order valence-electron chi connectivity index (χ3n) is 3.90. The number of nitrogens with zero attached hydrogens (tertiary/aromatic N) is 2. The smallest absolute Gasteiger partial charge is 0.423 e. The van der Waals surface area contributed by atoms with Gasteiger partial charge in [0.25, 0.3) is 0 Å². The zero-order valence-corrected chi connectivity index (χ0v) is 11.7. The number of aromatic nitrogens is 2. The van der Waals surface area contributed by atoms with Gasteiger partial charge in [-0.3, -0.25) is 4.98 Å². The Balaban J connectivity index is 2.14. The summed E-state index contributed by atoms with van der Waals surface area (Å²) in [7, 11) is -1.48. The molecule has 0 saturated heterocycles. The minimum absolute atomic E-state index is 0.475. The molecule has 0 aliphatic carbocycles. The molecular weight excluding hydrogens is 275 g/mol. The van der Waals surface area contributed by atoms with E-state index >= 15 is 0 Å². The van der Waals surface area contributed by atoms with Crippen molar-refractivity contribution >= 4 is 34.4 Å². The quantitative estimate of drug-likeness (QED) is 0.553. The van der Waals surface area contributed by atoms with Crippen LogP contribution in [0, 0.1) is 0 Å². The summed E-state index contributed by atoms with van der Waals surface area (Å²) in [5.41, 5.74) is 3.59. The van der Waals surface area contributed by atoms with Gasteiger partial charge in [0.15, 0.2) is 0 Å². The van der Waals surface area contributed by atoms with Gasteiger partial charge in [0.1, 0.15) is 0 Å². The van der Waals surface area contributed by atoms with E-state index in [2.05, 4.69) is 9.55 Å². The van der Waals surface area contributed by atoms with E-state index in [-0.39, 0.29) is 0 Å². The number of benzene rings is 2. The maximum Gasteiger partial charge on any atom is 0.488 e. The maximum absolute atomic E-state index is 9.41. The lowest BCUT2D eigenvalue weighted by Gasteiger charge is -2.07. The molecule has 0 aliphatic rings. The lowest BCUT2D eigenvalue weighted by Crippen LogP contribution is -2.29. The van der Waals surface area contributed by atoms with Crippen molar-refractivity contribution in [2.45, 2.75) is 0 Å². The van der Waals surface area contributed by atoms with Gasteiger partial charge in [-0.2, -0.15) is 0 Å². The third kappa shape index (κ3) is 1.91. The first kappa shape index (κ1) is 13.1. The lowest BCUT2D eigenvalue weighted by molar-refractivity contribution is 0.426. The molecule has 4 nitrogen and oxygen atoms in total. The first-order valence-electron chi connectivity index (χ1n) is 7.05. The van der Waals surface area contributed by atoms with Gasteiger partial charge in [0.05, 0.1) is 11.0 Å². The highest BCUT2D eigenvalue weighted by atomic mass is 16.4. The van der Waals surface area contributed by atoms with Gasteiger partial charge in [-0.15, -0.1) is 0 Å². The fourth-order valence-corrected chi connectivity index (χ4v) is 2.90. The molecule has 4 rings (SSSR count). The molecule has 0 radical (unpaired) electrons. The van der Waals surface area contributed by atoms with E-state index in [0.29, 0.717) is 5.46 Å². The molecule has 22 heavy (non-hydrogen) atoms. The monoisotopic (exact) mass is 288 g/mol. The summed E-state index contributed by atoms with van der Waals surface area (Å²) >= 11 is 0. The highest BCUT2D eigenvalue weighted by Crippen LogP contribution is 2.30. The van der Waals surface area contributed by atoms with Crippen molar-refractivity contribution in [3.63, 3.8) is 0 Å². The molecule has 4 aromatic rings. The van der Waals surface area contributed by atoms with Crippen LogP contribution in [0.1, 0.15) is 0 Å². The Hall–Kier alpha value is -2.63. The molecule has 0 spiro atoms. The fraction of sp³-hybridized carbons (Fsp3) is 0. The van der Waals surface area contributed by atoms with E-state index < -0.39 is 7.12 Å². The molecular formula is C17H13BN2O2. The molecule has 2 heterocycles. The van der Waals surface area contributed by atoms with Crippen LogP contribution in [-0.4, -0.2) is 26.7 Å². The van der Waals surface area contributed by atoms with Crippen LogP contribution in [0.2, 0.25) is 0 Å². The van der Waals surface area contributed by atoms with Crippen LogP contribution in [0.5, 0.6) is 0 Å². The molecule has 0 bridgehead atoms. The van der Waals surface area contributed by atoms with E-state index in [4.69, 9.17) is 0 Å². The van der Waals surface area contributed by atoms with Crippen LogP contribution < -0.4 is 5.46 Å². The molecule has 0 amide bonds. The molecule has 2 aromatic carbocycles. The minimum atomic E-state index is -1.48. The summed E-state index contributed by atoms with van der Waals surface area (Å²) < 4.78 is 2.15. The van der Waals surface area contributed by atoms with Gasteiger partial charge >= 0.3 is 7.12 Å². The second-order valence-corrected chi connectivity index (χ2v) is 5.21. The van der Waals surface area contributed by atoms with Crippen molar-refractivity contribution in [2.24, 2.45) is 0 Å². The summed E-state index contributed by atoms with van der Waals surface area (Å²) in [6, 6.07) is 17.5. The van der Waals surface area contributed by atoms with E-state index in [1.54, 1.807) is 12.3 Å². The number of para-hydroxylation sites is 1. The highest BCUT2D eigenvalue weighted by molar-refractivity contribution is 6.59. The zero-order valence-electron chi connectivity index (χ0n) is 11.7. The highest BCUT2D eigenvalue weighted by Gasteiger charge is 2.16. The predicted octanol–water partition coefficient (Wildman–Crippen LogP) is 1.86. The van der Waals surface area contributed by atoms with Gasteiger partial charge in [-0.1, -0.05) is 30.3 Å². The Morgan fingerprint density at radius 1 is 0.864 bits per heavy atom.